The van der Waals surface area contributed by atoms with Crippen LogP contribution in [0.3, 0.4) is 0 Å². The van der Waals surface area contributed by atoms with Crippen molar-refractivity contribution in [3.05, 3.63) is 28.8 Å². The van der Waals surface area contributed by atoms with Gasteiger partial charge in [0.1, 0.15) is 0 Å². The number of aryl methyl sites for hydroxylation is 3. The molecule has 0 aliphatic carbocycles. The van der Waals surface area contributed by atoms with E-state index in [1.807, 2.05) is 11.9 Å². The van der Waals surface area contributed by atoms with Crippen molar-refractivity contribution >= 4 is 11.9 Å². The van der Waals surface area contributed by atoms with Crippen LogP contribution in [0.2, 0.25) is 0 Å². The van der Waals surface area contributed by atoms with Crippen LogP contribution in [0, 0.1) is 32.6 Å². The molecule has 0 aromatic heterocycles. The molecule has 3 rings (SSSR count). The molecule has 0 spiro atoms. The Balaban J connectivity index is 1.56. The predicted molar refractivity (Wildman–Crippen MR) is 106 cm³/mol. The summed E-state index contributed by atoms with van der Waals surface area (Å²) in [7, 11) is 0. The number of hydrogen-bond donors (Lipinski definition) is 0. The maximum atomic E-state index is 2.79. The first-order chi connectivity index (χ1) is 11.4. The molecule has 2 nitrogen and oxygen atoms in total. The first kappa shape index (κ1) is 18.3. The van der Waals surface area contributed by atoms with Gasteiger partial charge in [0.15, 0.2) is 0 Å². The zero-order valence-electron chi connectivity index (χ0n) is 16.1. The summed E-state index contributed by atoms with van der Waals surface area (Å²) in [5.41, 5.74) is 4.23. The lowest BCUT2D eigenvalue weighted by atomic mass is 9.89. The van der Waals surface area contributed by atoms with Crippen molar-refractivity contribution in [2.24, 2.45) is 11.8 Å². The minimum atomic E-state index is 0.812. The second-order valence-corrected chi connectivity index (χ2v) is 9.49. The molecule has 0 amide bonds. The van der Waals surface area contributed by atoms with Crippen LogP contribution in [0.25, 0.3) is 0 Å². The van der Waals surface area contributed by atoms with Crippen LogP contribution in [0.15, 0.2) is 17.0 Å². The zero-order valence-corrected chi connectivity index (χ0v) is 17.0. The molecule has 2 aliphatic rings. The fraction of sp³-hybridized carbons (Fsp3) is 0.714. The average molecular weight is 347 g/mol. The lowest BCUT2D eigenvalue weighted by Crippen LogP contribution is -2.48. The summed E-state index contributed by atoms with van der Waals surface area (Å²) in [4.78, 5) is 4.27. The quantitative estimate of drug-likeness (QED) is 0.706. The molecule has 2 fully saturated rings. The van der Waals surface area contributed by atoms with E-state index in [4.69, 9.17) is 0 Å². The molecule has 0 N–H and O–H groups in total. The summed E-state index contributed by atoms with van der Waals surface area (Å²) in [6.45, 7) is 16.6. The van der Waals surface area contributed by atoms with Crippen molar-refractivity contribution in [3.8, 4) is 0 Å². The Kier molecular flexibility index (Phi) is 5.94. The van der Waals surface area contributed by atoms with E-state index in [0.29, 0.717) is 0 Å². The van der Waals surface area contributed by atoms with E-state index in [1.165, 1.54) is 67.0 Å². The molecule has 2 heterocycles. The van der Waals surface area contributed by atoms with Gasteiger partial charge in [0.05, 0.1) is 0 Å². The molecule has 0 bridgehead atoms. The summed E-state index contributed by atoms with van der Waals surface area (Å²) < 4.78 is 2.60. The number of nitrogens with zero attached hydrogens (tertiary/aromatic N) is 2. The Bertz CT molecular complexity index is 530. The van der Waals surface area contributed by atoms with E-state index in [9.17, 15) is 0 Å². The van der Waals surface area contributed by atoms with Crippen LogP contribution in [-0.4, -0.2) is 41.4 Å². The number of likely N-dealkylation sites (tertiary alicyclic amines) is 1. The van der Waals surface area contributed by atoms with Crippen molar-refractivity contribution in [2.45, 2.75) is 64.8 Å². The van der Waals surface area contributed by atoms with E-state index in [2.05, 4.69) is 56.0 Å². The van der Waals surface area contributed by atoms with Gasteiger partial charge in [-0.3, -0.25) is 4.90 Å². The van der Waals surface area contributed by atoms with Crippen LogP contribution >= 0.6 is 11.9 Å². The molecule has 3 heteroatoms. The van der Waals surface area contributed by atoms with Crippen LogP contribution in [0.4, 0.5) is 0 Å². The Morgan fingerprint density at radius 1 is 0.917 bits per heavy atom. The highest BCUT2D eigenvalue weighted by atomic mass is 32.2. The lowest BCUT2D eigenvalue weighted by molar-refractivity contribution is 0.0703. The van der Waals surface area contributed by atoms with Crippen molar-refractivity contribution in [2.75, 3.05) is 26.2 Å². The molecule has 0 radical (unpaired) electrons. The fourth-order valence-electron chi connectivity index (χ4n) is 4.75. The number of hydrogen-bond acceptors (Lipinski definition) is 3. The maximum Gasteiger partial charge on any atom is 0.0288 e. The molecule has 24 heavy (non-hydrogen) atoms. The van der Waals surface area contributed by atoms with Gasteiger partial charge in [-0.2, -0.15) is 0 Å². The summed E-state index contributed by atoms with van der Waals surface area (Å²) >= 11 is 1.99. The van der Waals surface area contributed by atoms with Crippen molar-refractivity contribution in [3.63, 3.8) is 0 Å². The van der Waals surface area contributed by atoms with E-state index in [0.717, 1.165) is 17.9 Å². The minimum absolute atomic E-state index is 0.812. The summed E-state index contributed by atoms with van der Waals surface area (Å²) in [5, 5.41) is 0. The summed E-state index contributed by atoms with van der Waals surface area (Å²) in [5.74, 6) is 1.75. The molecule has 2 aliphatic heterocycles. The number of piperidine rings is 2. The molecular formula is C21H34N2S. The van der Waals surface area contributed by atoms with Gasteiger partial charge >= 0.3 is 0 Å². The first-order valence-electron chi connectivity index (χ1n) is 9.67. The molecular weight excluding hydrogens is 312 g/mol. The van der Waals surface area contributed by atoms with Gasteiger partial charge in [0.2, 0.25) is 0 Å². The standard InChI is InChI=1S/C21H34N2S/c1-15-11-18(4)21(19(5)12-15)24-23-8-6-20(7-9-23)22-13-16(2)10-17(3)14-22/h11-12,16-17,20H,6-10,13-14H2,1-5H3. The van der Waals surface area contributed by atoms with E-state index in [1.54, 1.807) is 0 Å². The van der Waals surface area contributed by atoms with Gasteiger partial charge in [-0.15, -0.1) is 0 Å². The summed E-state index contributed by atoms with van der Waals surface area (Å²) in [6.07, 6.45) is 4.07. The molecule has 1 aromatic rings. The largest absolute Gasteiger partial charge is 0.300 e. The van der Waals surface area contributed by atoms with Crippen LogP contribution in [0.1, 0.15) is 49.8 Å². The van der Waals surface area contributed by atoms with Crippen molar-refractivity contribution in [1.82, 2.24) is 9.21 Å². The average Bonchev–Trinajstić information content (AvgIpc) is 2.50. The summed E-state index contributed by atoms with van der Waals surface area (Å²) in [6, 6.07) is 5.45. The molecule has 1 aromatic carbocycles. The fourth-order valence-corrected chi connectivity index (χ4v) is 5.81. The molecule has 2 atom stereocenters. The SMILES string of the molecule is Cc1cc(C)c(SN2CCC(N3CC(C)CC(C)C3)CC2)c(C)c1. The highest BCUT2D eigenvalue weighted by Gasteiger charge is 2.30. The topological polar surface area (TPSA) is 6.48 Å². The van der Waals surface area contributed by atoms with Crippen LogP contribution in [-0.2, 0) is 0 Å². The second kappa shape index (κ2) is 7.80. The van der Waals surface area contributed by atoms with E-state index in [-0.39, 0.29) is 0 Å². The second-order valence-electron chi connectivity index (χ2n) is 8.38. The Hall–Kier alpha value is -0.510. The van der Waals surface area contributed by atoms with Gasteiger partial charge < -0.3 is 0 Å². The van der Waals surface area contributed by atoms with Crippen molar-refractivity contribution < 1.29 is 0 Å². The molecule has 134 valence electrons. The van der Waals surface area contributed by atoms with Gasteiger partial charge in [-0.05, 0) is 74.9 Å². The first-order valence-corrected chi connectivity index (χ1v) is 10.4. The highest BCUT2D eigenvalue weighted by Crippen LogP contribution is 2.34. The molecule has 0 saturated carbocycles. The van der Waals surface area contributed by atoms with E-state index >= 15 is 0 Å². The highest BCUT2D eigenvalue weighted by molar-refractivity contribution is 7.97. The zero-order chi connectivity index (χ0) is 17.3. The normalized spacial score (nSPS) is 27.5. The molecule has 2 unspecified atom stereocenters. The van der Waals surface area contributed by atoms with E-state index < -0.39 is 0 Å². The van der Waals surface area contributed by atoms with Gasteiger partial charge in [-0.1, -0.05) is 31.5 Å². The lowest BCUT2D eigenvalue weighted by Gasteiger charge is -2.43. The smallest absolute Gasteiger partial charge is 0.0288 e. The van der Waals surface area contributed by atoms with Gasteiger partial charge in [0, 0.05) is 37.1 Å². The number of rotatable bonds is 3. The molecule has 2 saturated heterocycles. The third-order valence-corrected chi connectivity index (χ3v) is 7.11. The Morgan fingerprint density at radius 2 is 1.46 bits per heavy atom. The van der Waals surface area contributed by atoms with Crippen molar-refractivity contribution in [1.29, 1.82) is 0 Å². The minimum Gasteiger partial charge on any atom is -0.300 e. The van der Waals surface area contributed by atoms with Crippen LogP contribution < -0.4 is 0 Å². The third-order valence-electron chi connectivity index (χ3n) is 5.66. The Morgan fingerprint density at radius 3 is 2.00 bits per heavy atom. The number of benzene rings is 1. The van der Waals surface area contributed by atoms with Gasteiger partial charge in [0.25, 0.3) is 0 Å². The maximum absolute atomic E-state index is 2.79. The van der Waals surface area contributed by atoms with Gasteiger partial charge in [-0.25, -0.2) is 4.31 Å². The predicted octanol–water partition coefficient (Wildman–Crippen LogP) is 5.06. The van der Waals surface area contributed by atoms with Crippen LogP contribution in [0.5, 0.6) is 0 Å². The monoisotopic (exact) mass is 346 g/mol. The Labute approximate surface area is 153 Å². The third kappa shape index (κ3) is 4.36.